The van der Waals surface area contributed by atoms with Crippen molar-refractivity contribution in [2.24, 2.45) is 11.3 Å². The maximum atomic E-state index is 14.8. The molecule has 0 spiro atoms. The highest BCUT2D eigenvalue weighted by Crippen LogP contribution is 2.51. The largest absolute Gasteiger partial charge is 0.496 e. The molecular weight excluding hydrogens is 556 g/mol. The fourth-order valence-electron chi connectivity index (χ4n) is 7.22. The van der Waals surface area contributed by atoms with Crippen LogP contribution in [0.25, 0.3) is 10.8 Å². The SMILES string of the molecule is COc1ccc(C2OCC(=O)[N@@+](CC(C)(C)C)([C@@]3(C(=O)O)CCNC[C@@H]3C(C)=O)c3ccc(Cl)cc32)c2ccccc12. The predicted octanol–water partition coefficient (Wildman–Crippen LogP) is 5.52. The van der Waals surface area contributed by atoms with Crippen LogP contribution in [0.15, 0.2) is 54.6 Å². The maximum absolute atomic E-state index is 14.8. The summed E-state index contributed by atoms with van der Waals surface area (Å²) in [6.07, 6.45) is -0.645. The summed E-state index contributed by atoms with van der Waals surface area (Å²) in [6.45, 7) is 7.67. The number of methoxy groups -OCH3 is 1. The highest BCUT2D eigenvalue weighted by molar-refractivity contribution is 6.30. The Morgan fingerprint density at radius 2 is 1.83 bits per heavy atom. The predicted molar refractivity (Wildman–Crippen MR) is 163 cm³/mol. The Morgan fingerprint density at radius 1 is 1.12 bits per heavy atom. The number of rotatable bonds is 6. The van der Waals surface area contributed by atoms with Crippen molar-refractivity contribution in [3.05, 3.63) is 70.7 Å². The highest BCUT2D eigenvalue weighted by atomic mass is 35.5. The zero-order chi connectivity index (χ0) is 30.4. The topological polar surface area (TPSA) is 102 Å². The number of ether oxygens (including phenoxy) is 2. The number of carboxylic acids is 1. The Kier molecular flexibility index (Phi) is 7.96. The molecule has 9 heteroatoms. The van der Waals surface area contributed by atoms with Crippen molar-refractivity contribution in [3.63, 3.8) is 0 Å². The maximum Gasteiger partial charge on any atom is 0.367 e. The van der Waals surface area contributed by atoms with Gasteiger partial charge in [0.1, 0.15) is 23.3 Å². The minimum atomic E-state index is -1.76. The quantitative estimate of drug-likeness (QED) is 0.363. The van der Waals surface area contributed by atoms with Crippen molar-refractivity contribution in [1.82, 2.24) is 9.80 Å². The molecule has 2 aliphatic heterocycles. The summed E-state index contributed by atoms with van der Waals surface area (Å²) < 4.78 is 11.6. The van der Waals surface area contributed by atoms with Crippen LogP contribution in [-0.2, 0) is 19.1 Å². The van der Waals surface area contributed by atoms with E-state index in [1.54, 1.807) is 25.3 Å². The van der Waals surface area contributed by atoms with Gasteiger partial charge in [0.25, 0.3) is 0 Å². The molecule has 5 rings (SSSR count). The molecule has 0 aromatic heterocycles. The van der Waals surface area contributed by atoms with Crippen molar-refractivity contribution >= 4 is 45.7 Å². The number of fused-ring (bicyclic) bond motifs is 2. The molecule has 2 N–H and O–H groups in total. The van der Waals surface area contributed by atoms with E-state index in [4.69, 9.17) is 21.1 Å². The number of carbonyl (C=O) groups excluding carboxylic acids is 2. The number of hydrogen-bond acceptors (Lipinski definition) is 6. The minimum Gasteiger partial charge on any atom is -0.496 e. The molecular formula is C33H38ClN2O6+. The van der Waals surface area contributed by atoms with Gasteiger partial charge in [-0.2, -0.15) is 0 Å². The molecule has 3 aromatic rings. The second-order valence-corrected chi connectivity index (χ2v) is 13.0. The monoisotopic (exact) mass is 593 g/mol. The lowest BCUT2D eigenvalue weighted by atomic mass is 9.70. The smallest absolute Gasteiger partial charge is 0.367 e. The number of hydrogen-bond donors (Lipinski definition) is 2. The molecule has 2 heterocycles. The number of nitrogens with one attached hydrogen (secondary N) is 1. The molecule has 1 amide bonds. The Bertz CT molecular complexity index is 1570. The lowest BCUT2D eigenvalue weighted by Crippen LogP contribution is -2.80. The second-order valence-electron chi connectivity index (χ2n) is 12.6. The summed E-state index contributed by atoms with van der Waals surface area (Å²) in [5.41, 5.74) is -0.360. The third kappa shape index (κ3) is 4.71. The molecule has 4 atom stereocenters. The molecule has 0 aliphatic carbocycles. The molecule has 8 nitrogen and oxygen atoms in total. The van der Waals surface area contributed by atoms with Crippen LogP contribution in [0.2, 0.25) is 5.02 Å². The Balaban J connectivity index is 1.89. The average molecular weight is 594 g/mol. The number of nitrogens with zero attached hydrogens (tertiary/aromatic N) is 1. The summed E-state index contributed by atoms with van der Waals surface area (Å²) in [6, 6.07) is 16.8. The molecule has 42 heavy (non-hydrogen) atoms. The van der Waals surface area contributed by atoms with Gasteiger partial charge in [-0.15, -0.1) is 0 Å². The van der Waals surface area contributed by atoms with E-state index in [0.29, 0.717) is 28.6 Å². The first kappa shape index (κ1) is 30.2. The van der Waals surface area contributed by atoms with Crippen LogP contribution in [0.3, 0.4) is 0 Å². The molecule has 0 bridgehead atoms. The summed E-state index contributed by atoms with van der Waals surface area (Å²) >= 11 is 6.63. The Labute approximate surface area is 251 Å². The van der Waals surface area contributed by atoms with Gasteiger partial charge in [-0.3, -0.25) is 4.79 Å². The van der Waals surface area contributed by atoms with Crippen LogP contribution in [-0.4, -0.2) is 61.7 Å². The van der Waals surface area contributed by atoms with Crippen LogP contribution in [0, 0.1) is 11.3 Å². The van der Waals surface area contributed by atoms with Gasteiger partial charge < -0.3 is 19.9 Å². The summed E-state index contributed by atoms with van der Waals surface area (Å²) in [5.74, 6) is -2.09. The highest BCUT2D eigenvalue weighted by Gasteiger charge is 2.70. The second kappa shape index (κ2) is 11.1. The van der Waals surface area contributed by atoms with Crippen molar-refractivity contribution < 1.29 is 29.0 Å². The van der Waals surface area contributed by atoms with E-state index in [-0.39, 0.29) is 31.9 Å². The van der Waals surface area contributed by atoms with E-state index in [9.17, 15) is 19.5 Å². The van der Waals surface area contributed by atoms with Gasteiger partial charge in [-0.1, -0.05) is 62.7 Å². The summed E-state index contributed by atoms with van der Waals surface area (Å²) in [5, 5.41) is 16.6. The first-order chi connectivity index (χ1) is 19.9. The molecule has 1 saturated heterocycles. The number of benzene rings is 3. The fraction of sp³-hybridized carbons (Fsp3) is 0.424. The van der Waals surface area contributed by atoms with Crippen molar-refractivity contribution in [2.75, 3.05) is 33.4 Å². The van der Waals surface area contributed by atoms with Crippen LogP contribution in [0.5, 0.6) is 5.75 Å². The van der Waals surface area contributed by atoms with Crippen molar-refractivity contribution in [2.45, 2.75) is 45.8 Å². The summed E-state index contributed by atoms with van der Waals surface area (Å²) in [7, 11) is 1.62. The molecule has 2 aliphatic rings. The number of carboxylic acid groups (broad SMARTS) is 1. The summed E-state index contributed by atoms with van der Waals surface area (Å²) in [4.78, 5) is 41.7. The average Bonchev–Trinajstić information content (AvgIpc) is 3.06. The molecule has 1 unspecified atom stereocenters. The van der Waals surface area contributed by atoms with Crippen molar-refractivity contribution in [1.29, 1.82) is 0 Å². The van der Waals surface area contributed by atoms with Crippen LogP contribution >= 0.6 is 11.6 Å². The lowest BCUT2D eigenvalue weighted by molar-refractivity contribution is -0.170. The minimum absolute atomic E-state index is 0.0899. The third-order valence-electron chi connectivity index (χ3n) is 8.76. The normalized spacial score (nSPS) is 26.4. The van der Waals surface area contributed by atoms with E-state index in [0.717, 1.165) is 16.3 Å². The zero-order valence-corrected chi connectivity index (χ0v) is 25.5. The molecule has 222 valence electrons. The van der Waals surface area contributed by atoms with Gasteiger partial charge >= 0.3 is 11.9 Å². The van der Waals surface area contributed by atoms with E-state index < -0.39 is 39.3 Å². The number of carbonyl (C=O) groups is 3. The third-order valence-corrected chi connectivity index (χ3v) is 9.00. The number of Topliss-reactive ketones (excluding diaryl/α,β-unsaturated/α-hetero) is 1. The number of quaternary nitrogens is 1. The van der Waals surface area contributed by atoms with E-state index in [2.05, 4.69) is 5.32 Å². The molecule has 0 radical (unpaired) electrons. The number of halogens is 1. The van der Waals surface area contributed by atoms with E-state index >= 15 is 0 Å². The molecule has 0 saturated carbocycles. The van der Waals surface area contributed by atoms with Gasteiger partial charge in [0.05, 0.1) is 19.6 Å². The van der Waals surface area contributed by atoms with Gasteiger partial charge in [0, 0.05) is 47.0 Å². The van der Waals surface area contributed by atoms with Crippen LogP contribution < -0.4 is 14.5 Å². The van der Waals surface area contributed by atoms with Crippen molar-refractivity contribution in [3.8, 4) is 5.75 Å². The van der Waals surface area contributed by atoms with Gasteiger partial charge in [0.15, 0.2) is 6.61 Å². The standard InChI is InChI=1S/C33H37ClN2O6/c1-20(37)26-17-35-15-14-33(26,31(39)40)36(19-32(2,3)4)27-12-10-21(34)16-25(27)30(42-18-29(36)38)24-11-13-28(41-5)23-9-7-6-8-22(23)24/h6-13,16,26,30,35H,14-15,17-19H2,1-5H3/p+1/t26-,30?,33+,36+/m1/s1. The molecule has 3 aromatic carbocycles. The first-order valence-corrected chi connectivity index (χ1v) is 14.6. The number of aliphatic carboxylic acids is 1. The van der Waals surface area contributed by atoms with Gasteiger partial charge in [0.2, 0.25) is 5.54 Å². The van der Waals surface area contributed by atoms with E-state index in [1.807, 2.05) is 57.2 Å². The first-order valence-electron chi connectivity index (χ1n) is 14.2. The van der Waals surface area contributed by atoms with Gasteiger partial charge in [-0.25, -0.2) is 14.1 Å². The van der Waals surface area contributed by atoms with Crippen LogP contribution in [0.4, 0.5) is 5.69 Å². The lowest BCUT2D eigenvalue weighted by Gasteiger charge is -2.54. The fourth-order valence-corrected chi connectivity index (χ4v) is 7.40. The Hall–Kier alpha value is -3.30. The van der Waals surface area contributed by atoms with E-state index in [1.165, 1.54) is 6.92 Å². The van der Waals surface area contributed by atoms with Gasteiger partial charge in [-0.05, 0) is 36.1 Å². The molecule has 1 fully saturated rings. The number of piperidine rings is 1. The number of ketones is 1. The Morgan fingerprint density at radius 3 is 2.48 bits per heavy atom. The number of amides is 1. The zero-order valence-electron chi connectivity index (χ0n) is 24.7. The van der Waals surface area contributed by atoms with Crippen LogP contribution in [0.1, 0.15) is 51.3 Å².